The van der Waals surface area contributed by atoms with Gasteiger partial charge in [0.1, 0.15) is 0 Å². The van der Waals surface area contributed by atoms with Crippen molar-refractivity contribution in [1.82, 2.24) is 19.7 Å². The Morgan fingerprint density at radius 2 is 2.14 bits per heavy atom. The van der Waals surface area contributed by atoms with E-state index in [4.69, 9.17) is 4.74 Å². The van der Waals surface area contributed by atoms with Gasteiger partial charge in [-0.2, -0.15) is 0 Å². The number of hydrogen-bond acceptors (Lipinski definition) is 5. The number of carbonyl (C=O) groups excluding carboxylic acids is 1. The standard InChI is InChI=1S/C13H24N4O3S/c1-5-16(6-2)11(18)10(3)21-13-15-14-12(19)17(13)8-7-9-20-4/h10H,5-9H2,1-4H3,(H,14,19). The van der Waals surface area contributed by atoms with E-state index in [0.717, 1.165) is 6.42 Å². The average Bonchev–Trinajstić information content (AvgIpc) is 2.81. The summed E-state index contributed by atoms with van der Waals surface area (Å²) in [5.41, 5.74) is -0.254. The van der Waals surface area contributed by atoms with E-state index in [0.29, 0.717) is 31.4 Å². The number of hydrogen-bond donors (Lipinski definition) is 1. The van der Waals surface area contributed by atoms with Gasteiger partial charge in [-0.15, -0.1) is 5.10 Å². The number of thioether (sulfide) groups is 1. The minimum Gasteiger partial charge on any atom is -0.385 e. The number of aromatic nitrogens is 3. The summed E-state index contributed by atoms with van der Waals surface area (Å²) in [4.78, 5) is 25.8. The normalized spacial score (nSPS) is 12.4. The molecule has 21 heavy (non-hydrogen) atoms. The molecule has 7 nitrogen and oxygen atoms in total. The Morgan fingerprint density at radius 1 is 1.48 bits per heavy atom. The third-order valence-electron chi connectivity index (χ3n) is 3.16. The quantitative estimate of drug-likeness (QED) is 0.542. The molecule has 1 atom stereocenters. The largest absolute Gasteiger partial charge is 0.385 e. The lowest BCUT2D eigenvalue weighted by Gasteiger charge is -2.22. The number of nitrogens with one attached hydrogen (secondary N) is 1. The van der Waals surface area contributed by atoms with E-state index in [9.17, 15) is 9.59 Å². The van der Waals surface area contributed by atoms with Crippen LogP contribution in [0.5, 0.6) is 0 Å². The Bertz CT molecular complexity index is 496. The van der Waals surface area contributed by atoms with Crippen molar-refractivity contribution >= 4 is 17.7 Å². The van der Waals surface area contributed by atoms with Gasteiger partial charge in [-0.25, -0.2) is 9.89 Å². The number of amides is 1. The van der Waals surface area contributed by atoms with Gasteiger partial charge in [0.15, 0.2) is 5.16 Å². The summed E-state index contributed by atoms with van der Waals surface area (Å²) in [7, 11) is 1.62. The highest BCUT2D eigenvalue weighted by molar-refractivity contribution is 8.00. The number of nitrogens with zero attached hydrogens (tertiary/aromatic N) is 3. The highest BCUT2D eigenvalue weighted by Gasteiger charge is 2.22. The Morgan fingerprint density at radius 3 is 2.71 bits per heavy atom. The SMILES string of the molecule is CCN(CC)C(=O)C(C)Sc1n[nH]c(=O)n1CCCOC. The van der Waals surface area contributed by atoms with Crippen LogP contribution >= 0.6 is 11.8 Å². The Balaban J connectivity index is 2.74. The zero-order valence-corrected chi connectivity index (χ0v) is 13.9. The summed E-state index contributed by atoms with van der Waals surface area (Å²) in [6.45, 7) is 8.21. The first kappa shape index (κ1) is 17.8. The van der Waals surface area contributed by atoms with E-state index in [-0.39, 0.29) is 16.8 Å². The van der Waals surface area contributed by atoms with Crippen LogP contribution in [0, 0.1) is 0 Å². The van der Waals surface area contributed by atoms with Gasteiger partial charge in [0.2, 0.25) is 5.91 Å². The summed E-state index contributed by atoms with van der Waals surface area (Å²) < 4.78 is 6.54. The van der Waals surface area contributed by atoms with Gasteiger partial charge < -0.3 is 9.64 Å². The van der Waals surface area contributed by atoms with Crippen molar-refractivity contribution in [3.8, 4) is 0 Å². The topological polar surface area (TPSA) is 80.2 Å². The monoisotopic (exact) mass is 316 g/mol. The van der Waals surface area contributed by atoms with Gasteiger partial charge in [-0.05, 0) is 27.2 Å². The van der Waals surface area contributed by atoms with Crippen LogP contribution in [-0.4, -0.2) is 57.6 Å². The summed E-state index contributed by atoms with van der Waals surface area (Å²) >= 11 is 1.30. The van der Waals surface area contributed by atoms with E-state index in [2.05, 4.69) is 10.2 Å². The lowest BCUT2D eigenvalue weighted by Crippen LogP contribution is -2.36. The van der Waals surface area contributed by atoms with E-state index in [1.54, 1.807) is 16.6 Å². The van der Waals surface area contributed by atoms with Crippen molar-refractivity contribution in [3.63, 3.8) is 0 Å². The van der Waals surface area contributed by atoms with Crippen molar-refractivity contribution in [2.24, 2.45) is 0 Å². The van der Waals surface area contributed by atoms with E-state index in [1.807, 2.05) is 20.8 Å². The fourth-order valence-corrected chi connectivity index (χ4v) is 2.92. The number of carbonyl (C=O) groups is 1. The summed E-state index contributed by atoms with van der Waals surface area (Å²) in [6.07, 6.45) is 0.724. The number of H-pyrrole nitrogens is 1. The fourth-order valence-electron chi connectivity index (χ4n) is 1.96. The maximum atomic E-state index is 12.2. The van der Waals surface area contributed by atoms with Crippen LogP contribution in [0.15, 0.2) is 9.95 Å². The molecule has 0 aliphatic heterocycles. The Hall–Kier alpha value is -1.28. The van der Waals surface area contributed by atoms with Crippen LogP contribution in [-0.2, 0) is 16.1 Å². The summed E-state index contributed by atoms with van der Waals surface area (Å²) in [5, 5.41) is 6.71. The zero-order chi connectivity index (χ0) is 15.8. The summed E-state index contributed by atoms with van der Waals surface area (Å²) in [5.74, 6) is 0.0592. The molecule has 0 bridgehead atoms. The smallest absolute Gasteiger partial charge is 0.343 e. The first-order valence-corrected chi connectivity index (χ1v) is 8.02. The van der Waals surface area contributed by atoms with Crippen LogP contribution in [0.2, 0.25) is 0 Å². The summed E-state index contributed by atoms with van der Waals surface area (Å²) in [6, 6.07) is 0. The second-order valence-corrected chi connectivity index (χ2v) is 5.89. The van der Waals surface area contributed by atoms with Crippen molar-refractivity contribution < 1.29 is 9.53 Å². The molecule has 1 aromatic heterocycles. The highest BCUT2D eigenvalue weighted by atomic mass is 32.2. The maximum Gasteiger partial charge on any atom is 0.343 e. The molecular formula is C13H24N4O3S. The molecule has 1 N–H and O–H groups in total. The minimum absolute atomic E-state index is 0.0592. The van der Waals surface area contributed by atoms with Gasteiger partial charge in [-0.1, -0.05) is 11.8 Å². The molecule has 0 spiro atoms. The average molecular weight is 316 g/mol. The fraction of sp³-hybridized carbons (Fsp3) is 0.769. The predicted octanol–water partition coefficient (Wildman–Crippen LogP) is 0.957. The molecule has 1 aromatic rings. The number of rotatable bonds is 9. The molecule has 1 heterocycles. The van der Waals surface area contributed by atoms with Crippen molar-refractivity contribution in [3.05, 3.63) is 10.5 Å². The maximum absolute atomic E-state index is 12.2. The molecule has 8 heteroatoms. The lowest BCUT2D eigenvalue weighted by atomic mass is 10.4. The predicted molar refractivity (Wildman–Crippen MR) is 82.6 cm³/mol. The zero-order valence-electron chi connectivity index (χ0n) is 13.1. The van der Waals surface area contributed by atoms with Crippen LogP contribution in [0.1, 0.15) is 27.2 Å². The molecule has 1 rings (SSSR count). The third-order valence-corrected chi connectivity index (χ3v) is 4.24. The number of aromatic amines is 1. The molecule has 0 aliphatic rings. The van der Waals surface area contributed by atoms with Gasteiger partial charge in [-0.3, -0.25) is 9.36 Å². The van der Waals surface area contributed by atoms with E-state index >= 15 is 0 Å². The third kappa shape index (κ3) is 4.89. The number of ether oxygens (including phenoxy) is 1. The molecule has 1 unspecified atom stereocenters. The van der Waals surface area contributed by atoms with Crippen molar-refractivity contribution in [2.45, 2.75) is 44.1 Å². The van der Waals surface area contributed by atoms with E-state index < -0.39 is 0 Å². The molecule has 0 saturated heterocycles. The Labute approximate surface area is 129 Å². The first-order valence-electron chi connectivity index (χ1n) is 7.14. The van der Waals surface area contributed by atoms with Gasteiger partial charge >= 0.3 is 5.69 Å². The van der Waals surface area contributed by atoms with Crippen LogP contribution < -0.4 is 5.69 Å². The van der Waals surface area contributed by atoms with Crippen LogP contribution in [0.25, 0.3) is 0 Å². The van der Waals surface area contributed by atoms with Crippen molar-refractivity contribution in [2.75, 3.05) is 26.8 Å². The molecule has 0 saturated carbocycles. The number of methoxy groups -OCH3 is 1. The first-order chi connectivity index (χ1) is 10.0. The molecule has 0 aliphatic carbocycles. The molecule has 1 amide bonds. The second kappa shape index (κ2) is 8.89. The second-order valence-electron chi connectivity index (χ2n) is 4.58. The van der Waals surface area contributed by atoms with E-state index in [1.165, 1.54) is 11.8 Å². The lowest BCUT2D eigenvalue weighted by molar-refractivity contribution is -0.129. The van der Waals surface area contributed by atoms with Gasteiger partial charge in [0, 0.05) is 33.4 Å². The van der Waals surface area contributed by atoms with Crippen molar-refractivity contribution in [1.29, 1.82) is 0 Å². The Kier molecular flexibility index (Phi) is 7.52. The molecule has 0 fully saturated rings. The molecule has 120 valence electrons. The minimum atomic E-state index is -0.277. The molecule has 0 aromatic carbocycles. The van der Waals surface area contributed by atoms with Gasteiger partial charge in [0.25, 0.3) is 0 Å². The molecule has 0 radical (unpaired) electrons. The van der Waals surface area contributed by atoms with Crippen LogP contribution in [0.4, 0.5) is 0 Å². The highest BCUT2D eigenvalue weighted by Crippen LogP contribution is 2.21. The van der Waals surface area contributed by atoms with Crippen LogP contribution in [0.3, 0.4) is 0 Å². The van der Waals surface area contributed by atoms with Gasteiger partial charge in [0.05, 0.1) is 5.25 Å². The molecular weight excluding hydrogens is 292 g/mol.